The summed E-state index contributed by atoms with van der Waals surface area (Å²) >= 11 is 5.62. The van der Waals surface area contributed by atoms with E-state index < -0.39 is 46.3 Å². The number of carbonyl (C=O) groups excluding carboxylic acids is 3. The molecule has 5 rings (SSSR count). The number of carbonyl (C=O) groups is 3. The number of rotatable bonds is 3. The van der Waals surface area contributed by atoms with E-state index >= 15 is 0 Å². The lowest BCUT2D eigenvalue weighted by Gasteiger charge is -2.41. The Morgan fingerprint density at radius 3 is 2.08 bits per heavy atom. The number of amides is 2. The molecular formula is C28H25N5O4S. The van der Waals surface area contributed by atoms with E-state index in [2.05, 4.69) is 5.32 Å². The van der Waals surface area contributed by atoms with Gasteiger partial charge in [-0.3, -0.25) is 19.3 Å². The van der Waals surface area contributed by atoms with Gasteiger partial charge in [-0.05, 0) is 45.4 Å². The van der Waals surface area contributed by atoms with Crippen LogP contribution in [0.3, 0.4) is 0 Å². The number of thiocarbonyl (C=S) groups is 1. The van der Waals surface area contributed by atoms with Crippen molar-refractivity contribution in [3.8, 4) is 12.1 Å². The number of nitriles is 2. The lowest BCUT2D eigenvalue weighted by Crippen LogP contribution is -2.65. The Morgan fingerprint density at radius 2 is 1.53 bits per heavy atom. The summed E-state index contributed by atoms with van der Waals surface area (Å²) in [6.45, 7) is 6.75. The molecule has 0 aromatic heterocycles. The van der Waals surface area contributed by atoms with Crippen LogP contribution >= 0.6 is 12.2 Å². The van der Waals surface area contributed by atoms with Crippen molar-refractivity contribution in [3.05, 3.63) is 59.7 Å². The van der Waals surface area contributed by atoms with Gasteiger partial charge >= 0.3 is 5.97 Å². The van der Waals surface area contributed by atoms with Crippen molar-refractivity contribution in [2.45, 2.75) is 44.2 Å². The fourth-order valence-corrected chi connectivity index (χ4v) is 6.59. The molecule has 1 N–H and O–H groups in total. The van der Waals surface area contributed by atoms with E-state index in [9.17, 15) is 24.9 Å². The van der Waals surface area contributed by atoms with Crippen molar-refractivity contribution >= 4 is 46.4 Å². The molecule has 2 spiro atoms. The first-order chi connectivity index (χ1) is 18.0. The SMILES string of the molecule is CCN1C(=O)[C@]2(NC(=S)C(C#N)(C#N)[C@]23C(=O)N(CC(=O)OC(C)(C)C)c2ccccc23)c2ccccc21. The molecule has 9 nitrogen and oxygen atoms in total. The van der Waals surface area contributed by atoms with Crippen LogP contribution < -0.4 is 15.1 Å². The fraction of sp³-hybridized carbons (Fsp3) is 0.357. The van der Waals surface area contributed by atoms with Gasteiger partial charge in [-0.1, -0.05) is 48.6 Å². The van der Waals surface area contributed by atoms with Crippen molar-refractivity contribution in [2.24, 2.45) is 5.41 Å². The minimum Gasteiger partial charge on any atom is -0.459 e. The number of fused-ring (bicyclic) bond motifs is 5. The molecule has 3 heterocycles. The van der Waals surface area contributed by atoms with Crippen molar-refractivity contribution in [1.29, 1.82) is 10.5 Å². The molecule has 1 saturated heterocycles. The van der Waals surface area contributed by atoms with Gasteiger partial charge in [0.25, 0.3) is 5.91 Å². The molecule has 38 heavy (non-hydrogen) atoms. The topological polar surface area (TPSA) is 127 Å². The summed E-state index contributed by atoms with van der Waals surface area (Å²) in [7, 11) is 0. The predicted octanol–water partition coefficient (Wildman–Crippen LogP) is 2.84. The molecule has 0 saturated carbocycles. The Hall–Kier alpha value is -4.28. The summed E-state index contributed by atoms with van der Waals surface area (Å²) in [4.78, 5) is 44.7. The van der Waals surface area contributed by atoms with E-state index in [1.165, 1.54) is 9.80 Å². The zero-order chi connectivity index (χ0) is 27.7. The molecule has 0 radical (unpaired) electrons. The quantitative estimate of drug-likeness (QED) is 0.477. The third kappa shape index (κ3) is 2.78. The lowest BCUT2D eigenvalue weighted by atomic mass is 9.54. The molecule has 2 atom stereocenters. The van der Waals surface area contributed by atoms with Gasteiger partial charge in [0.2, 0.25) is 11.3 Å². The van der Waals surface area contributed by atoms with Crippen LogP contribution in [0.2, 0.25) is 0 Å². The highest BCUT2D eigenvalue weighted by Crippen LogP contribution is 2.67. The van der Waals surface area contributed by atoms with Gasteiger partial charge in [0.15, 0.2) is 11.0 Å². The van der Waals surface area contributed by atoms with E-state index in [1.807, 2.05) is 12.1 Å². The first-order valence-electron chi connectivity index (χ1n) is 12.2. The van der Waals surface area contributed by atoms with E-state index in [1.54, 1.807) is 76.2 Å². The summed E-state index contributed by atoms with van der Waals surface area (Å²) in [6, 6.07) is 17.6. The van der Waals surface area contributed by atoms with Gasteiger partial charge < -0.3 is 15.0 Å². The highest BCUT2D eigenvalue weighted by atomic mass is 32.1. The molecule has 2 amide bonds. The molecule has 3 aliphatic heterocycles. The van der Waals surface area contributed by atoms with Crippen molar-refractivity contribution in [1.82, 2.24) is 5.32 Å². The number of benzene rings is 2. The van der Waals surface area contributed by atoms with Crippen LogP contribution in [0.4, 0.5) is 11.4 Å². The van der Waals surface area contributed by atoms with E-state index in [0.29, 0.717) is 16.9 Å². The average molecular weight is 528 g/mol. The summed E-state index contributed by atoms with van der Waals surface area (Å²) in [5, 5.41) is 24.2. The van der Waals surface area contributed by atoms with Crippen molar-refractivity contribution < 1.29 is 19.1 Å². The highest BCUT2D eigenvalue weighted by molar-refractivity contribution is 7.80. The summed E-state index contributed by atoms with van der Waals surface area (Å²) < 4.78 is 5.49. The third-order valence-corrected chi connectivity index (χ3v) is 7.86. The predicted molar refractivity (Wildman–Crippen MR) is 142 cm³/mol. The number of para-hydroxylation sites is 2. The number of anilines is 2. The van der Waals surface area contributed by atoms with E-state index in [4.69, 9.17) is 17.0 Å². The van der Waals surface area contributed by atoms with Gasteiger partial charge in [-0.15, -0.1) is 0 Å². The fourth-order valence-electron chi connectivity index (χ4n) is 6.19. The second-order valence-electron chi connectivity index (χ2n) is 10.5. The molecule has 0 aliphatic carbocycles. The molecule has 0 bridgehead atoms. The number of ether oxygens (including phenoxy) is 1. The van der Waals surface area contributed by atoms with Crippen LogP contribution in [-0.4, -0.2) is 41.5 Å². The molecule has 2 aromatic rings. The Kier molecular flexibility index (Phi) is 5.41. The number of esters is 1. The van der Waals surface area contributed by atoms with Crippen LogP contribution in [0.15, 0.2) is 48.5 Å². The molecule has 1 fully saturated rings. The lowest BCUT2D eigenvalue weighted by molar-refractivity contribution is -0.153. The minimum atomic E-state index is -2.25. The number of nitrogens with zero attached hydrogens (tertiary/aromatic N) is 4. The van der Waals surface area contributed by atoms with Crippen molar-refractivity contribution in [3.63, 3.8) is 0 Å². The van der Waals surface area contributed by atoms with Crippen LogP contribution in [0.25, 0.3) is 0 Å². The van der Waals surface area contributed by atoms with E-state index in [0.717, 1.165) is 0 Å². The summed E-state index contributed by atoms with van der Waals surface area (Å²) in [5.41, 5.74) is -5.49. The van der Waals surface area contributed by atoms with Gasteiger partial charge in [0.1, 0.15) is 17.1 Å². The van der Waals surface area contributed by atoms with Crippen molar-refractivity contribution in [2.75, 3.05) is 22.9 Å². The Balaban J connectivity index is 1.86. The van der Waals surface area contributed by atoms with Gasteiger partial charge in [-0.2, -0.15) is 10.5 Å². The molecular weight excluding hydrogens is 502 g/mol. The molecule has 2 aromatic carbocycles. The maximum absolute atomic E-state index is 14.8. The largest absolute Gasteiger partial charge is 0.459 e. The molecule has 192 valence electrons. The molecule has 10 heteroatoms. The summed E-state index contributed by atoms with van der Waals surface area (Å²) in [6.07, 6.45) is 0. The number of hydrogen-bond donors (Lipinski definition) is 1. The normalized spacial score (nSPS) is 24.7. The first kappa shape index (κ1) is 25.4. The van der Waals surface area contributed by atoms with Gasteiger partial charge in [0.05, 0.1) is 12.1 Å². The van der Waals surface area contributed by atoms with Gasteiger partial charge in [-0.25, -0.2) is 0 Å². The highest BCUT2D eigenvalue weighted by Gasteiger charge is 2.84. The Labute approximate surface area is 225 Å². The van der Waals surface area contributed by atoms with Crippen LogP contribution in [0, 0.1) is 28.1 Å². The Bertz CT molecular complexity index is 1500. The maximum Gasteiger partial charge on any atom is 0.326 e. The first-order valence-corrected chi connectivity index (χ1v) is 12.6. The molecule has 0 unspecified atom stereocenters. The third-order valence-electron chi connectivity index (χ3n) is 7.46. The van der Waals surface area contributed by atoms with Crippen LogP contribution in [0.5, 0.6) is 0 Å². The second-order valence-corrected chi connectivity index (χ2v) is 10.9. The van der Waals surface area contributed by atoms with E-state index in [-0.39, 0.29) is 17.1 Å². The maximum atomic E-state index is 14.8. The number of nitrogens with one attached hydrogen (secondary N) is 1. The average Bonchev–Trinajstić information content (AvgIpc) is 3.37. The smallest absolute Gasteiger partial charge is 0.326 e. The van der Waals surface area contributed by atoms with Crippen LogP contribution in [-0.2, 0) is 30.1 Å². The van der Waals surface area contributed by atoms with Crippen LogP contribution in [0.1, 0.15) is 38.8 Å². The van der Waals surface area contributed by atoms with Gasteiger partial charge in [0, 0.05) is 23.5 Å². The monoisotopic (exact) mass is 527 g/mol. The zero-order valence-electron chi connectivity index (χ0n) is 21.4. The zero-order valence-corrected chi connectivity index (χ0v) is 22.2. The summed E-state index contributed by atoms with van der Waals surface area (Å²) in [5.74, 6) is -1.92. The standard InChI is InChI=1S/C28H25N5O4S/c1-5-32-20-13-9-7-11-18(20)28(24(32)36)27(26(15-29,16-30)22(38)31-28)17-10-6-8-12-19(17)33(23(27)35)14-21(34)37-25(2,3)4/h6-13H,5,14H2,1-4H3,(H,31,38)/t27-,28+/m0/s1. The second kappa shape index (κ2) is 8.11. The molecule has 3 aliphatic rings. The Morgan fingerprint density at radius 1 is 0.974 bits per heavy atom. The number of hydrogen-bond acceptors (Lipinski definition) is 7. The number of likely N-dealkylation sites (N-methyl/N-ethyl adjacent to an activating group) is 1. The minimum absolute atomic E-state index is 0.217.